The van der Waals surface area contributed by atoms with Gasteiger partial charge in [0, 0.05) is 25.8 Å². The molecule has 3 rings (SSSR count). The number of rotatable bonds is 6. The number of piperidine rings is 1. The van der Waals surface area contributed by atoms with Crippen molar-refractivity contribution in [2.24, 2.45) is 5.92 Å². The van der Waals surface area contributed by atoms with Crippen LogP contribution in [0.2, 0.25) is 0 Å². The molecule has 1 aliphatic carbocycles. The van der Waals surface area contributed by atoms with Crippen molar-refractivity contribution < 1.29 is 8.42 Å². The number of hydrogen-bond donors (Lipinski definition) is 1. The number of aromatic nitrogens is 1. The van der Waals surface area contributed by atoms with Crippen LogP contribution in [0.25, 0.3) is 0 Å². The van der Waals surface area contributed by atoms with Gasteiger partial charge in [0.2, 0.25) is 10.0 Å². The fourth-order valence-corrected chi connectivity index (χ4v) is 5.06. The van der Waals surface area contributed by atoms with Crippen LogP contribution in [0.5, 0.6) is 0 Å². The van der Waals surface area contributed by atoms with Crippen LogP contribution in [-0.2, 0) is 10.0 Å². The molecule has 0 radical (unpaired) electrons. The van der Waals surface area contributed by atoms with Crippen molar-refractivity contribution in [1.82, 2.24) is 9.29 Å². The van der Waals surface area contributed by atoms with Crippen molar-refractivity contribution in [3.63, 3.8) is 0 Å². The van der Waals surface area contributed by atoms with Crippen LogP contribution in [0.3, 0.4) is 0 Å². The molecule has 0 spiro atoms. The third kappa shape index (κ3) is 4.23. The number of nitrogens with one attached hydrogen (secondary N) is 1. The first kappa shape index (κ1) is 16.7. The Bertz CT molecular complexity index is 589. The first-order valence-electron chi connectivity index (χ1n) is 8.86. The topological polar surface area (TPSA) is 62.3 Å². The summed E-state index contributed by atoms with van der Waals surface area (Å²) in [7, 11) is -3.37. The Hall–Kier alpha value is -1.14. The van der Waals surface area contributed by atoms with Gasteiger partial charge in [0.1, 0.15) is 10.7 Å². The number of anilines is 1. The van der Waals surface area contributed by atoms with Crippen LogP contribution in [0.15, 0.2) is 23.2 Å². The van der Waals surface area contributed by atoms with Gasteiger partial charge in [-0.2, -0.15) is 4.31 Å². The van der Waals surface area contributed by atoms with Gasteiger partial charge in [-0.3, -0.25) is 0 Å². The molecule has 1 aromatic heterocycles. The Morgan fingerprint density at radius 2 is 1.83 bits per heavy atom. The van der Waals surface area contributed by atoms with E-state index in [-0.39, 0.29) is 0 Å². The zero-order valence-electron chi connectivity index (χ0n) is 13.7. The predicted molar refractivity (Wildman–Crippen MR) is 91.9 cm³/mol. The standard InChI is InChI=1S/C17H27N3O2S/c21-23(22,20-12-4-1-5-13-20)16-8-9-17(19-14-16)18-11-10-15-6-2-3-7-15/h8-9,14-15H,1-7,10-13H2,(H,18,19). The van der Waals surface area contributed by atoms with Gasteiger partial charge in [-0.15, -0.1) is 0 Å². The second-order valence-electron chi connectivity index (χ2n) is 6.71. The summed E-state index contributed by atoms with van der Waals surface area (Å²) in [4.78, 5) is 4.59. The zero-order valence-corrected chi connectivity index (χ0v) is 14.5. The summed E-state index contributed by atoms with van der Waals surface area (Å²) in [5.41, 5.74) is 0. The first-order valence-corrected chi connectivity index (χ1v) is 10.3. The maximum absolute atomic E-state index is 12.6. The first-order chi connectivity index (χ1) is 11.2. The Morgan fingerprint density at radius 1 is 1.09 bits per heavy atom. The van der Waals surface area contributed by atoms with Gasteiger partial charge in [-0.25, -0.2) is 13.4 Å². The highest BCUT2D eigenvalue weighted by molar-refractivity contribution is 7.89. The molecular formula is C17H27N3O2S. The highest BCUT2D eigenvalue weighted by Gasteiger charge is 2.26. The molecule has 1 aromatic rings. The molecule has 1 N–H and O–H groups in total. The van der Waals surface area contributed by atoms with Gasteiger partial charge in [0.15, 0.2) is 0 Å². The summed E-state index contributed by atoms with van der Waals surface area (Å²) in [6, 6.07) is 3.46. The lowest BCUT2D eigenvalue weighted by Gasteiger charge is -2.25. The van der Waals surface area contributed by atoms with E-state index in [4.69, 9.17) is 0 Å². The summed E-state index contributed by atoms with van der Waals surface area (Å²) in [6.45, 7) is 2.17. The maximum atomic E-state index is 12.6. The maximum Gasteiger partial charge on any atom is 0.244 e. The van der Waals surface area contributed by atoms with Gasteiger partial charge in [0.25, 0.3) is 0 Å². The molecule has 0 aromatic carbocycles. The number of nitrogens with zero attached hydrogens (tertiary/aromatic N) is 2. The van der Waals surface area contributed by atoms with Gasteiger partial charge >= 0.3 is 0 Å². The van der Waals surface area contributed by atoms with Crippen LogP contribution in [0, 0.1) is 5.92 Å². The van der Waals surface area contributed by atoms with Crippen molar-refractivity contribution in [1.29, 1.82) is 0 Å². The second kappa shape index (κ2) is 7.62. The van der Waals surface area contributed by atoms with Crippen molar-refractivity contribution >= 4 is 15.8 Å². The Balaban J connectivity index is 1.55. The van der Waals surface area contributed by atoms with Crippen molar-refractivity contribution in [2.45, 2.75) is 56.3 Å². The van der Waals surface area contributed by atoms with Crippen LogP contribution >= 0.6 is 0 Å². The van der Waals surface area contributed by atoms with E-state index in [0.717, 1.165) is 37.5 Å². The lowest BCUT2D eigenvalue weighted by atomic mass is 10.0. The van der Waals surface area contributed by atoms with Crippen LogP contribution in [0.4, 0.5) is 5.82 Å². The van der Waals surface area contributed by atoms with Gasteiger partial charge < -0.3 is 5.32 Å². The molecule has 6 heteroatoms. The largest absolute Gasteiger partial charge is 0.370 e. The molecular weight excluding hydrogens is 310 g/mol. The fraction of sp³-hybridized carbons (Fsp3) is 0.706. The Labute approximate surface area is 139 Å². The van der Waals surface area contributed by atoms with Crippen LogP contribution in [-0.4, -0.2) is 37.3 Å². The third-order valence-corrected chi connectivity index (χ3v) is 6.90. The van der Waals surface area contributed by atoms with Crippen LogP contribution in [0.1, 0.15) is 51.4 Å². The second-order valence-corrected chi connectivity index (χ2v) is 8.65. The molecule has 0 bridgehead atoms. The minimum absolute atomic E-state index is 0.306. The molecule has 0 unspecified atom stereocenters. The lowest BCUT2D eigenvalue weighted by molar-refractivity contribution is 0.346. The molecule has 2 aliphatic rings. The van der Waals surface area contributed by atoms with Gasteiger partial charge in [0.05, 0.1) is 0 Å². The average Bonchev–Trinajstić information content (AvgIpc) is 3.10. The van der Waals surface area contributed by atoms with Crippen molar-refractivity contribution in [3.8, 4) is 0 Å². The van der Waals surface area contributed by atoms with E-state index in [0.29, 0.717) is 18.0 Å². The number of sulfonamides is 1. The molecule has 0 atom stereocenters. The zero-order chi connectivity index (χ0) is 16.1. The average molecular weight is 337 g/mol. The van der Waals surface area contributed by atoms with E-state index in [1.54, 1.807) is 16.4 Å². The molecule has 2 heterocycles. The van der Waals surface area contributed by atoms with Crippen LogP contribution < -0.4 is 5.32 Å². The van der Waals surface area contributed by atoms with E-state index in [1.165, 1.54) is 38.3 Å². The molecule has 128 valence electrons. The summed E-state index contributed by atoms with van der Waals surface area (Å²) >= 11 is 0. The molecule has 0 amide bonds. The van der Waals surface area contributed by atoms with Gasteiger partial charge in [-0.05, 0) is 37.3 Å². The van der Waals surface area contributed by atoms with E-state index in [2.05, 4.69) is 10.3 Å². The van der Waals surface area contributed by atoms with E-state index < -0.39 is 10.0 Å². The molecule has 1 saturated carbocycles. The molecule has 23 heavy (non-hydrogen) atoms. The third-order valence-electron chi connectivity index (χ3n) is 5.02. The Kier molecular flexibility index (Phi) is 5.54. The summed E-state index contributed by atoms with van der Waals surface area (Å²) in [6.07, 6.45) is 11.1. The van der Waals surface area contributed by atoms with E-state index in [9.17, 15) is 8.42 Å². The number of hydrogen-bond acceptors (Lipinski definition) is 4. The van der Waals surface area contributed by atoms with Gasteiger partial charge in [-0.1, -0.05) is 32.1 Å². The van der Waals surface area contributed by atoms with Crippen molar-refractivity contribution in [2.75, 3.05) is 25.0 Å². The summed E-state index contributed by atoms with van der Waals surface area (Å²) in [5.74, 6) is 1.61. The normalized spacial score (nSPS) is 20.7. The highest BCUT2D eigenvalue weighted by atomic mass is 32.2. The monoisotopic (exact) mass is 337 g/mol. The molecule has 2 fully saturated rings. The molecule has 1 aliphatic heterocycles. The number of pyridine rings is 1. The molecule has 1 saturated heterocycles. The smallest absolute Gasteiger partial charge is 0.244 e. The predicted octanol–water partition coefficient (Wildman–Crippen LogP) is 3.25. The quantitative estimate of drug-likeness (QED) is 0.865. The summed E-state index contributed by atoms with van der Waals surface area (Å²) < 4.78 is 26.7. The lowest BCUT2D eigenvalue weighted by Crippen LogP contribution is -2.35. The highest BCUT2D eigenvalue weighted by Crippen LogP contribution is 2.27. The minimum atomic E-state index is -3.37. The SMILES string of the molecule is O=S(=O)(c1ccc(NCCC2CCCC2)nc1)N1CCCCC1. The Morgan fingerprint density at radius 3 is 2.48 bits per heavy atom. The van der Waals surface area contributed by atoms with Crippen molar-refractivity contribution in [3.05, 3.63) is 18.3 Å². The van der Waals surface area contributed by atoms with E-state index in [1.807, 2.05) is 0 Å². The summed E-state index contributed by atoms with van der Waals surface area (Å²) in [5, 5.41) is 3.31. The minimum Gasteiger partial charge on any atom is -0.370 e. The fourth-order valence-electron chi connectivity index (χ4n) is 3.60. The van der Waals surface area contributed by atoms with E-state index >= 15 is 0 Å². The molecule has 5 nitrogen and oxygen atoms in total.